The monoisotopic (exact) mass is 708 g/mol. The maximum Gasteiger partial charge on any atom is 0.255 e. The first-order chi connectivity index (χ1) is 25.2. The van der Waals surface area contributed by atoms with E-state index < -0.39 is 0 Å². The first-order valence-corrected chi connectivity index (χ1v) is 15.9. The summed E-state index contributed by atoms with van der Waals surface area (Å²) in [5.74, 6) is 3.18. The lowest BCUT2D eigenvalue weighted by Gasteiger charge is -2.16. The summed E-state index contributed by atoms with van der Waals surface area (Å²) >= 11 is 0. The minimum absolute atomic E-state index is 0.342. The zero-order chi connectivity index (χ0) is 37.4. The second kappa shape index (κ2) is 16.4. The molecule has 52 heavy (non-hydrogen) atoms. The minimum Gasteiger partial charge on any atom is -0.496 e. The number of ether oxygens (including phenoxy) is 8. The van der Waals surface area contributed by atoms with E-state index in [2.05, 4.69) is 10.6 Å². The molecule has 5 rings (SSSR count). The Labute approximate surface area is 302 Å². The van der Waals surface area contributed by atoms with Gasteiger partial charge in [-0.3, -0.25) is 9.59 Å². The molecule has 0 fully saturated rings. The molecule has 0 radical (unpaired) electrons. The topological polar surface area (TPSA) is 132 Å². The van der Waals surface area contributed by atoms with Crippen LogP contribution in [0.4, 0.5) is 11.4 Å². The Balaban J connectivity index is 1.34. The van der Waals surface area contributed by atoms with E-state index in [1.807, 2.05) is 0 Å². The Morgan fingerprint density at radius 1 is 0.385 bits per heavy atom. The number of carbonyl (C=O) groups excluding carboxylic acids is 2. The smallest absolute Gasteiger partial charge is 0.255 e. The van der Waals surface area contributed by atoms with Crippen LogP contribution in [-0.2, 0) is 0 Å². The van der Waals surface area contributed by atoms with Gasteiger partial charge in [-0.05, 0) is 96.1 Å². The van der Waals surface area contributed by atoms with Gasteiger partial charge >= 0.3 is 0 Å². The molecule has 12 nitrogen and oxygen atoms in total. The van der Waals surface area contributed by atoms with Crippen LogP contribution in [0.1, 0.15) is 20.7 Å². The van der Waals surface area contributed by atoms with Crippen LogP contribution in [0.5, 0.6) is 46.0 Å². The fraction of sp³-hybridized carbons (Fsp3) is 0.200. The molecule has 0 aliphatic heterocycles. The number of methoxy groups -OCH3 is 8. The minimum atomic E-state index is -0.342. The van der Waals surface area contributed by atoms with Crippen molar-refractivity contribution in [1.82, 2.24) is 0 Å². The standard InChI is InChI=1S/C40H40N2O10/c1-45-31-15-9-23(17-29(31)25-19-33(47-3)37(51-7)34(20-25)48-4)39(43)41-27-11-13-28(14-12-27)42-40(44)24-10-16-32(46-2)30(18-24)26-21-35(49-5)38(52-8)36(22-26)50-6/h9-22H,1-8H3,(H,41,43)(H,42,44). The largest absolute Gasteiger partial charge is 0.496 e. The molecule has 0 atom stereocenters. The molecular formula is C40H40N2O10. The van der Waals surface area contributed by atoms with Gasteiger partial charge in [0.25, 0.3) is 11.8 Å². The van der Waals surface area contributed by atoms with Crippen molar-refractivity contribution in [1.29, 1.82) is 0 Å². The van der Waals surface area contributed by atoms with E-state index in [-0.39, 0.29) is 11.8 Å². The molecule has 0 bridgehead atoms. The Morgan fingerprint density at radius 2 is 0.692 bits per heavy atom. The summed E-state index contributed by atoms with van der Waals surface area (Å²) in [6, 6.07) is 24.2. The molecule has 12 heteroatoms. The number of hydrogen-bond acceptors (Lipinski definition) is 10. The molecule has 0 heterocycles. The number of benzene rings is 5. The van der Waals surface area contributed by atoms with Crippen LogP contribution in [0.3, 0.4) is 0 Å². The van der Waals surface area contributed by atoms with Crippen LogP contribution < -0.4 is 48.5 Å². The summed E-state index contributed by atoms with van der Waals surface area (Å²) in [6.07, 6.45) is 0. The fourth-order valence-corrected chi connectivity index (χ4v) is 5.67. The molecule has 0 aliphatic carbocycles. The van der Waals surface area contributed by atoms with E-state index in [1.165, 1.54) is 42.7 Å². The Kier molecular flexibility index (Phi) is 11.6. The molecule has 2 N–H and O–H groups in total. The summed E-state index contributed by atoms with van der Waals surface area (Å²) in [7, 11) is 12.3. The maximum absolute atomic E-state index is 13.4. The molecule has 5 aromatic rings. The summed E-state index contributed by atoms with van der Waals surface area (Å²) in [4.78, 5) is 26.8. The van der Waals surface area contributed by atoms with Crippen LogP contribution >= 0.6 is 0 Å². The normalized spacial score (nSPS) is 10.5. The number of carbonyl (C=O) groups is 2. The van der Waals surface area contributed by atoms with Crippen LogP contribution in [0.15, 0.2) is 84.9 Å². The second-order valence-corrected chi connectivity index (χ2v) is 11.1. The highest BCUT2D eigenvalue weighted by molar-refractivity contribution is 6.07. The van der Waals surface area contributed by atoms with Crippen molar-refractivity contribution in [2.24, 2.45) is 0 Å². The van der Waals surface area contributed by atoms with Crippen LogP contribution in [0.2, 0.25) is 0 Å². The van der Waals surface area contributed by atoms with Gasteiger partial charge in [-0.1, -0.05) is 0 Å². The van der Waals surface area contributed by atoms with Crippen molar-refractivity contribution in [3.63, 3.8) is 0 Å². The van der Waals surface area contributed by atoms with Gasteiger partial charge in [0.2, 0.25) is 11.5 Å². The third kappa shape index (κ3) is 7.60. The Bertz CT molecular complexity index is 1880. The fourth-order valence-electron chi connectivity index (χ4n) is 5.67. The van der Waals surface area contributed by atoms with Gasteiger partial charge in [-0.15, -0.1) is 0 Å². The lowest BCUT2D eigenvalue weighted by Crippen LogP contribution is -2.13. The molecule has 5 aromatic carbocycles. The highest BCUT2D eigenvalue weighted by Gasteiger charge is 2.20. The van der Waals surface area contributed by atoms with E-state index in [9.17, 15) is 9.59 Å². The Morgan fingerprint density at radius 3 is 0.962 bits per heavy atom. The van der Waals surface area contributed by atoms with Crippen LogP contribution in [0.25, 0.3) is 22.3 Å². The highest BCUT2D eigenvalue weighted by atomic mass is 16.5. The molecule has 2 amide bonds. The van der Waals surface area contributed by atoms with Gasteiger partial charge in [0.05, 0.1) is 56.9 Å². The third-order valence-corrected chi connectivity index (χ3v) is 8.28. The summed E-state index contributed by atoms with van der Waals surface area (Å²) < 4.78 is 44.2. The molecule has 270 valence electrons. The first-order valence-electron chi connectivity index (χ1n) is 15.9. The van der Waals surface area contributed by atoms with E-state index in [1.54, 1.807) is 99.1 Å². The van der Waals surface area contributed by atoms with Crippen LogP contribution in [0, 0.1) is 0 Å². The number of rotatable bonds is 14. The van der Waals surface area contributed by atoms with Crippen molar-refractivity contribution in [2.45, 2.75) is 0 Å². The lowest BCUT2D eigenvalue weighted by atomic mass is 10.00. The summed E-state index contributed by atoms with van der Waals surface area (Å²) in [6.45, 7) is 0. The number of nitrogens with one attached hydrogen (secondary N) is 2. The first kappa shape index (κ1) is 36.7. The van der Waals surface area contributed by atoms with Gasteiger partial charge in [0.1, 0.15) is 11.5 Å². The molecule has 0 saturated heterocycles. The van der Waals surface area contributed by atoms with Crippen molar-refractivity contribution in [2.75, 3.05) is 67.5 Å². The number of amides is 2. The van der Waals surface area contributed by atoms with Gasteiger partial charge in [-0.25, -0.2) is 0 Å². The van der Waals surface area contributed by atoms with E-state index in [0.717, 1.165) is 0 Å². The summed E-state index contributed by atoms with van der Waals surface area (Å²) in [5.41, 5.74) is 4.55. The van der Waals surface area contributed by atoms with Gasteiger partial charge in [0, 0.05) is 33.6 Å². The quantitative estimate of drug-likeness (QED) is 0.119. The molecular weight excluding hydrogens is 668 g/mol. The predicted octanol–water partition coefficient (Wildman–Crippen LogP) is 7.59. The zero-order valence-electron chi connectivity index (χ0n) is 30.2. The van der Waals surface area contributed by atoms with Crippen molar-refractivity contribution in [3.8, 4) is 68.2 Å². The van der Waals surface area contributed by atoms with Crippen LogP contribution in [-0.4, -0.2) is 68.7 Å². The number of anilines is 2. The second-order valence-electron chi connectivity index (χ2n) is 11.1. The molecule has 0 aromatic heterocycles. The molecule has 0 unspecified atom stereocenters. The third-order valence-electron chi connectivity index (χ3n) is 8.28. The molecule has 0 saturated carbocycles. The van der Waals surface area contributed by atoms with Crippen molar-refractivity contribution >= 4 is 23.2 Å². The average Bonchev–Trinajstić information content (AvgIpc) is 3.19. The van der Waals surface area contributed by atoms with E-state index in [4.69, 9.17) is 37.9 Å². The lowest BCUT2D eigenvalue weighted by molar-refractivity contribution is 0.101. The Hall–Kier alpha value is -6.56. The number of hydrogen-bond donors (Lipinski definition) is 2. The van der Waals surface area contributed by atoms with E-state index >= 15 is 0 Å². The predicted molar refractivity (Wildman–Crippen MR) is 199 cm³/mol. The maximum atomic E-state index is 13.4. The summed E-state index contributed by atoms with van der Waals surface area (Å²) in [5, 5.41) is 5.82. The highest BCUT2D eigenvalue weighted by Crippen LogP contribution is 2.45. The van der Waals surface area contributed by atoms with Crippen molar-refractivity contribution in [3.05, 3.63) is 96.1 Å². The van der Waals surface area contributed by atoms with Crippen molar-refractivity contribution < 1.29 is 47.5 Å². The molecule has 0 spiro atoms. The SMILES string of the molecule is COc1ccc(C(=O)Nc2ccc(NC(=O)c3ccc(OC)c(-c4cc(OC)c(OC)c(OC)c4)c3)cc2)cc1-c1cc(OC)c(OC)c(OC)c1. The van der Waals surface area contributed by atoms with E-state index in [0.29, 0.717) is 90.8 Å². The van der Waals surface area contributed by atoms with Gasteiger partial charge in [0.15, 0.2) is 23.0 Å². The zero-order valence-corrected chi connectivity index (χ0v) is 30.2. The van der Waals surface area contributed by atoms with Gasteiger partial charge < -0.3 is 48.5 Å². The average molecular weight is 709 g/mol. The molecule has 0 aliphatic rings. The van der Waals surface area contributed by atoms with Gasteiger partial charge in [-0.2, -0.15) is 0 Å².